The SMILES string of the molecule is COc1c(F)c(F)cc(CC2CCCCN2)c1F. The van der Waals surface area contributed by atoms with Crippen molar-refractivity contribution in [3.05, 3.63) is 29.1 Å². The first kappa shape index (κ1) is 13.2. The minimum atomic E-state index is -1.27. The van der Waals surface area contributed by atoms with Gasteiger partial charge in [-0.25, -0.2) is 8.78 Å². The lowest BCUT2D eigenvalue weighted by atomic mass is 9.97. The number of hydrogen-bond acceptors (Lipinski definition) is 2. The molecule has 0 amide bonds. The third kappa shape index (κ3) is 2.61. The van der Waals surface area contributed by atoms with Crippen molar-refractivity contribution in [3.8, 4) is 5.75 Å². The quantitative estimate of drug-likeness (QED) is 0.843. The van der Waals surface area contributed by atoms with Crippen molar-refractivity contribution >= 4 is 0 Å². The summed E-state index contributed by atoms with van der Waals surface area (Å²) in [5.41, 5.74) is 0.158. The van der Waals surface area contributed by atoms with Gasteiger partial charge in [0.05, 0.1) is 7.11 Å². The van der Waals surface area contributed by atoms with E-state index >= 15 is 0 Å². The Balaban J connectivity index is 2.24. The zero-order valence-electron chi connectivity index (χ0n) is 10.2. The number of ether oxygens (including phenoxy) is 1. The van der Waals surface area contributed by atoms with Crippen molar-refractivity contribution in [2.75, 3.05) is 13.7 Å². The highest BCUT2D eigenvalue weighted by atomic mass is 19.2. The number of piperidine rings is 1. The van der Waals surface area contributed by atoms with Crippen LogP contribution in [0.15, 0.2) is 6.07 Å². The smallest absolute Gasteiger partial charge is 0.203 e. The van der Waals surface area contributed by atoms with Crippen LogP contribution in [0, 0.1) is 17.5 Å². The third-order valence-electron chi connectivity index (χ3n) is 3.27. The van der Waals surface area contributed by atoms with Crippen molar-refractivity contribution in [3.63, 3.8) is 0 Å². The molecule has 100 valence electrons. The molecule has 2 nitrogen and oxygen atoms in total. The van der Waals surface area contributed by atoms with Crippen molar-refractivity contribution in [2.45, 2.75) is 31.7 Å². The number of methoxy groups -OCH3 is 1. The first-order valence-electron chi connectivity index (χ1n) is 6.07. The zero-order chi connectivity index (χ0) is 13.1. The normalized spacial score (nSPS) is 19.9. The maximum Gasteiger partial charge on any atom is 0.203 e. The lowest BCUT2D eigenvalue weighted by Crippen LogP contribution is -2.35. The average molecular weight is 259 g/mol. The molecule has 0 aromatic heterocycles. The third-order valence-corrected chi connectivity index (χ3v) is 3.27. The number of halogens is 3. The number of rotatable bonds is 3. The van der Waals surface area contributed by atoms with Crippen molar-refractivity contribution in [2.24, 2.45) is 0 Å². The second kappa shape index (κ2) is 5.61. The summed E-state index contributed by atoms with van der Waals surface area (Å²) >= 11 is 0. The van der Waals surface area contributed by atoms with E-state index in [0.717, 1.165) is 39.0 Å². The Bertz CT molecular complexity index is 431. The van der Waals surface area contributed by atoms with Gasteiger partial charge in [0.25, 0.3) is 0 Å². The molecule has 2 rings (SSSR count). The molecule has 5 heteroatoms. The molecule has 0 bridgehead atoms. The van der Waals surface area contributed by atoms with Crippen molar-refractivity contribution in [1.29, 1.82) is 0 Å². The van der Waals surface area contributed by atoms with Crippen LogP contribution >= 0.6 is 0 Å². The Morgan fingerprint density at radius 2 is 2.06 bits per heavy atom. The summed E-state index contributed by atoms with van der Waals surface area (Å²) in [6.45, 7) is 0.882. The maximum absolute atomic E-state index is 13.9. The molecule has 1 unspecified atom stereocenters. The van der Waals surface area contributed by atoms with Crippen LogP contribution in [0.4, 0.5) is 13.2 Å². The van der Waals surface area contributed by atoms with Gasteiger partial charge in [0.2, 0.25) is 5.82 Å². The van der Waals surface area contributed by atoms with E-state index in [0.29, 0.717) is 6.42 Å². The fourth-order valence-corrected chi connectivity index (χ4v) is 2.32. The molecule has 1 aromatic rings. The van der Waals surface area contributed by atoms with Gasteiger partial charge >= 0.3 is 0 Å². The first-order chi connectivity index (χ1) is 8.63. The van der Waals surface area contributed by atoms with E-state index in [-0.39, 0.29) is 11.6 Å². The van der Waals surface area contributed by atoms with E-state index in [4.69, 9.17) is 0 Å². The van der Waals surface area contributed by atoms with Gasteiger partial charge in [-0.05, 0) is 37.4 Å². The Morgan fingerprint density at radius 1 is 1.28 bits per heavy atom. The summed E-state index contributed by atoms with van der Waals surface area (Å²) in [5, 5.41) is 3.24. The summed E-state index contributed by atoms with van der Waals surface area (Å²) < 4.78 is 45.1. The van der Waals surface area contributed by atoms with Gasteiger partial charge in [0.1, 0.15) is 0 Å². The van der Waals surface area contributed by atoms with E-state index in [2.05, 4.69) is 10.1 Å². The van der Waals surface area contributed by atoms with Crippen molar-refractivity contribution < 1.29 is 17.9 Å². The highest BCUT2D eigenvalue weighted by Gasteiger charge is 2.22. The standard InChI is InChI=1S/C13H16F3NO/c1-18-13-11(15)8(7-10(14)12(13)16)6-9-4-2-3-5-17-9/h7,9,17H,2-6H2,1H3. The highest BCUT2D eigenvalue weighted by Crippen LogP contribution is 2.28. The van der Waals surface area contributed by atoms with Crippen LogP contribution in [0.5, 0.6) is 5.75 Å². The molecule has 1 saturated heterocycles. The van der Waals surface area contributed by atoms with Crippen LogP contribution in [0.25, 0.3) is 0 Å². The Morgan fingerprint density at radius 3 is 2.67 bits per heavy atom. The number of benzene rings is 1. The van der Waals surface area contributed by atoms with E-state index in [1.54, 1.807) is 0 Å². The van der Waals surface area contributed by atoms with Crippen LogP contribution in [-0.2, 0) is 6.42 Å². The maximum atomic E-state index is 13.9. The van der Waals surface area contributed by atoms with Crippen LogP contribution in [0.3, 0.4) is 0 Å². The molecule has 1 heterocycles. The van der Waals surface area contributed by atoms with Gasteiger partial charge in [-0.2, -0.15) is 4.39 Å². The Labute approximate surface area is 104 Å². The van der Waals surface area contributed by atoms with E-state index in [9.17, 15) is 13.2 Å². The summed E-state index contributed by atoms with van der Waals surface area (Å²) in [6.07, 6.45) is 3.43. The van der Waals surface area contributed by atoms with Crippen LogP contribution in [0.1, 0.15) is 24.8 Å². The molecule has 1 aliphatic heterocycles. The summed E-state index contributed by atoms with van der Waals surface area (Å²) in [7, 11) is 1.13. The molecule has 0 saturated carbocycles. The van der Waals surface area contributed by atoms with E-state index in [1.165, 1.54) is 0 Å². The molecule has 18 heavy (non-hydrogen) atoms. The molecular weight excluding hydrogens is 243 g/mol. The molecule has 0 aliphatic carbocycles. The summed E-state index contributed by atoms with van der Waals surface area (Å²) in [5.74, 6) is -3.78. The second-order valence-corrected chi connectivity index (χ2v) is 4.53. The van der Waals surface area contributed by atoms with Gasteiger partial charge in [-0.15, -0.1) is 0 Å². The van der Waals surface area contributed by atoms with E-state index < -0.39 is 23.2 Å². The Hall–Kier alpha value is -1.23. The lowest BCUT2D eigenvalue weighted by molar-refractivity contribution is 0.339. The van der Waals surface area contributed by atoms with Gasteiger partial charge in [-0.3, -0.25) is 0 Å². The second-order valence-electron chi connectivity index (χ2n) is 4.53. The van der Waals surface area contributed by atoms with E-state index in [1.807, 2.05) is 0 Å². The van der Waals surface area contributed by atoms with Gasteiger partial charge in [0, 0.05) is 6.04 Å². The zero-order valence-corrected chi connectivity index (χ0v) is 10.2. The van der Waals surface area contributed by atoms with Crippen LogP contribution in [0.2, 0.25) is 0 Å². The average Bonchev–Trinajstić information content (AvgIpc) is 2.38. The fourth-order valence-electron chi connectivity index (χ4n) is 2.32. The molecule has 1 fully saturated rings. The molecule has 1 aromatic carbocycles. The Kier molecular flexibility index (Phi) is 4.11. The van der Waals surface area contributed by atoms with Crippen LogP contribution in [-0.4, -0.2) is 19.7 Å². The van der Waals surface area contributed by atoms with Crippen LogP contribution < -0.4 is 10.1 Å². The fraction of sp³-hybridized carbons (Fsp3) is 0.538. The molecule has 1 atom stereocenters. The topological polar surface area (TPSA) is 21.3 Å². The lowest BCUT2D eigenvalue weighted by Gasteiger charge is -2.24. The molecule has 0 radical (unpaired) electrons. The minimum Gasteiger partial charge on any atom is -0.491 e. The predicted molar refractivity (Wildman–Crippen MR) is 62.2 cm³/mol. The van der Waals surface area contributed by atoms with Gasteiger partial charge < -0.3 is 10.1 Å². The minimum absolute atomic E-state index is 0.114. The predicted octanol–water partition coefficient (Wildman–Crippen LogP) is 2.80. The van der Waals surface area contributed by atoms with Crippen molar-refractivity contribution in [1.82, 2.24) is 5.32 Å². The molecule has 1 N–H and O–H groups in total. The molecule has 0 spiro atoms. The highest BCUT2D eigenvalue weighted by molar-refractivity contribution is 5.34. The largest absolute Gasteiger partial charge is 0.491 e. The monoisotopic (exact) mass is 259 g/mol. The summed E-state index contributed by atoms with van der Waals surface area (Å²) in [6, 6.07) is 1.03. The number of hydrogen-bond donors (Lipinski definition) is 1. The number of nitrogens with one attached hydrogen (secondary N) is 1. The molecule has 1 aliphatic rings. The summed E-state index contributed by atoms with van der Waals surface area (Å²) in [4.78, 5) is 0. The van der Waals surface area contributed by atoms with Gasteiger partial charge in [-0.1, -0.05) is 6.42 Å². The first-order valence-corrected chi connectivity index (χ1v) is 6.07. The van der Waals surface area contributed by atoms with Gasteiger partial charge in [0.15, 0.2) is 17.4 Å². The molecular formula is C13H16F3NO.